The average molecular weight is 356 g/mol. The number of benzene rings is 2. The van der Waals surface area contributed by atoms with E-state index in [1.54, 1.807) is 14.2 Å². The molecule has 0 aliphatic heterocycles. The first-order valence-electron chi connectivity index (χ1n) is 8.83. The quantitative estimate of drug-likeness (QED) is 0.679. The molecule has 0 aromatic heterocycles. The number of carbonyl (C=O) groups excluding carboxylic acids is 1. The SMILES string of the molecule is COc1ccc(C[C@@H](C)OCC(=O)Cc2ccc(C)c(C)c2)cc1OC. The zero-order valence-corrected chi connectivity index (χ0v) is 16.3. The monoisotopic (exact) mass is 356 g/mol. The molecule has 2 rings (SSSR count). The predicted molar refractivity (Wildman–Crippen MR) is 103 cm³/mol. The number of hydrogen-bond acceptors (Lipinski definition) is 4. The van der Waals surface area contributed by atoms with E-state index in [4.69, 9.17) is 14.2 Å². The smallest absolute Gasteiger partial charge is 0.162 e. The van der Waals surface area contributed by atoms with Crippen LogP contribution in [0.3, 0.4) is 0 Å². The molecule has 26 heavy (non-hydrogen) atoms. The lowest BCUT2D eigenvalue weighted by molar-refractivity contribution is -0.124. The van der Waals surface area contributed by atoms with Crippen LogP contribution in [-0.4, -0.2) is 32.7 Å². The number of hydrogen-bond donors (Lipinski definition) is 0. The number of Topliss-reactive ketones (excluding diaryl/α,β-unsaturated/α-hetero) is 1. The van der Waals surface area contributed by atoms with Crippen molar-refractivity contribution in [2.45, 2.75) is 39.7 Å². The fourth-order valence-electron chi connectivity index (χ4n) is 2.83. The number of methoxy groups -OCH3 is 2. The molecule has 0 aliphatic rings. The lowest BCUT2D eigenvalue weighted by Crippen LogP contribution is -2.19. The lowest BCUT2D eigenvalue weighted by atomic mass is 10.0. The third-order valence-electron chi connectivity index (χ3n) is 4.47. The molecule has 0 unspecified atom stereocenters. The molecule has 2 aromatic carbocycles. The van der Waals surface area contributed by atoms with Crippen LogP contribution in [0.4, 0.5) is 0 Å². The van der Waals surface area contributed by atoms with Crippen molar-refractivity contribution in [3.63, 3.8) is 0 Å². The van der Waals surface area contributed by atoms with Crippen LogP contribution in [-0.2, 0) is 22.4 Å². The van der Waals surface area contributed by atoms with E-state index < -0.39 is 0 Å². The van der Waals surface area contributed by atoms with E-state index in [1.165, 1.54) is 11.1 Å². The van der Waals surface area contributed by atoms with Gasteiger partial charge in [0, 0.05) is 6.42 Å². The van der Waals surface area contributed by atoms with E-state index in [0.717, 1.165) is 11.1 Å². The van der Waals surface area contributed by atoms with Gasteiger partial charge in [-0.05, 0) is 61.6 Å². The van der Waals surface area contributed by atoms with Gasteiger partial charge in [-0.1, -0.05) is 24.3 Å². The molecule has 0 saturated carbocycles. The van der Waals surface area contributed by atoms with Crippen LogP contribution in [0.15, 0.2) is 36.4 Å². The largest absolute Gasteiger partial charge is 0.493 e. The highest BCUT2D eigenvalue weighted by atomic mass is 16.5. The van der Waals surface area contributed by atoms with Crippen molar-refractivity contribution in [3.8, 4) is 11.5 Å². The second-order valence-corrected chi connectivity index (χ2v) is 6.65. The van der Waals surface area contributed by atoms with Gasteiger partial charge < -0.3 is 14.2 Å². The summed E-state index contributed by atoms with van der Waals surface area (Å²) < 4.78 is 16.3. The molecule has 0 heterocycles. The molecule has 0 N–H and O–H groups in total. The Kier molecular flexibility index (Phi) is 7.22. The Labute approximate surface area is 156 Å². The van der Waals surface area contributed by atoms with Crippen LogP contribution in [0.5, 0.6) is 11.5 Å². The van der Waals surface area contributed by atoms with E-state index in [2.05, 4.69) is 26.0 Å². The maximum Gasteiger partial charge on any atom is 0.162 e. The van der Waals surface area contributed by atoms with E-state index in [0.29, 0.717) is 24.3 Å². The summed E-state index contributed by atoms with van der Waals surface area (Å²) in [6.45, 7) is 6.23. The van der Waals surface area contributed by atoms with Gasteiger partial charge in [0.1, 0.15) is 6.61 Å². The van der Waals surface area contributed by atoms with E-state index >= 15 is 0 Å². The highest BCUT2D eigenvalue weighted by molar-refractivity contribution is 5.82. The summed E-state index contributed by atoms with van der Waals surface area (Å²) >= 11 is 0. The molecule has 140 valence electrons. The van der Waals surface area contributed by atoms with Crippen LogP contribution < -0.4 is 9.47 Å². The van der Waals surface area contributed by atoms with Crippen LogP contribution in [0, 0.1) is 13.8 Å². The van der Waals surface area contributed by atoms with Crippen molar-refractivity contribution in [2.75, 3.05) is 20.8 Å². The molecule has 0 aliphatic carbocycles. The summed E-state index contributed by atoms with van der Waals surface area (Å²) in [5.74, 6) is 1.49. The van der Waals surface area contributed by atoms with Crippen LogP contribution >= 0.6 is 0 Å². The molecule has 0 radical (unpaired) electrons. The fraction of sp³-hybridized carbons (Fsp3) is 0.409. The van der Waals surface area contributed by atoms with Gasteiger partial charge in [0.05, 0.1) is 20.3 Å². The van der Waals surface area contributed by atoms with Gasteiger partial charge in [-0.2, -0.15) is 0 Å². The van der Waals surface area contributed by atoms with Gasteiger partial charge in [0.2, 0.25) is 0 Å². The van der Waals surface area contributed by atoms with Gasteiger partial charge in [-0.15, -0.1) is 0 Å². The first kappa shape index (κ1) is 20.0. The Morgan fingerprint density at radius 3 is 2.27 bits per heavy atom. The maximum atomic E-state index is 12.2. The fourth-order valence-corrected chi connectivity index (χ4v) is 2.83. The van der Waals surface area contributed by atoms with Crippen molar-refractivity contribution in [1.82, 2.24) is 0 Å². The summed E-state index contributed by atoms with van der Waals surface area (Å²) in [4.78, 5) is 12.2. The molecule has 0 bridgehead atoms. The van der Waals surface area contributed by atoms with Gasteiger partial charge in [-0.25, -0.2) is 0 Å². The van der Waals surface area contributed by atoms with Gasteiger partial charge in [-0.3, -0.25) is 4.79 Å². The minimum atomic E-state index is -0.0585. The second kappa shape index (κ2) is 9.39. The maximum absolute atomic E-state index is 12.2. The van der Waals surface area contributed by atoms with Crippen molar-refractivity contribution in [3.05, 3.63) is 58.7 Å². The molecule has 0 amide bonds. The standard InChI is InChI=1S/C22H28O4/c1-15-6-7-18(10-16(15)2)12-20(23)14-26-17(3)11-19-8-9-21(24-4)22(13-19)25-5/h6-10,13,17H,11-12,14H2,1-5H3/t17-/m1/s1. The minimum absolute atomic E-state index is 0.0585. The molecular formula is C22H28O4. The molecule has 1 atom stereocenters. The first-order valence-corrected chi connectivity index (χ1v) is 8.83. The van der Waals surface area contributed by atoms with Crippen molar-refractivity contribution in [1.29, 1.82) is 0 Å². The molecule has 0 fully saturated rings. The Morgan fingerprint density at radius 2 is 1.62 bits per heavy atom. The molecule has 0 saturated heterocycles. The summed E-state index contributed by atoms with van der Waals surface area (Å²) in [6, 6.07) is 11.9. The Balaban J connectivity index is 1.85. The first-order chi connectivity index (χ1) is 12.4. The summed E-state index contributed by atoms with van der Waals surface area (Å²) in [7, 11) is 3.23. The summed E-state index contributed by atoms with van der Waals surface area (Å²) in [6.07, 6.45) is 1.05. The van der Waals surface area contributed by atoms with Crippen LogP contribution in [0.25, 0.3) is 0 Å². The number of ketones is 1. The highest BCUT2D eigenvalue weighted by Gasteiger charge is 2.11. The van der Waals surface area contributed by atoms with E-state index in [1.807, 2.05) is 31.2 Å². The minimum Gasteiger partial charge on any atom is -0.493 e. The number of carbonyl (C=O) groups is 1. The lowest BCUT2D eigenvalue weighted by Gasteiger charge is -2.14. The number of ether oxygens (including phenoxy) is 3. The molecule has 2 aromatic rings. The third kappa shape index (κ3) is 5.60. The summed E-state index contributed by atoms with van der Waals surface area (Å²) in [5, 5.41) is 0. The third-order valence-corrected chi connectivity index (χ3v) is 4.47. The Hall–Kier alpha value is -2.33. The van der Waals surface area contributed by atoms with Crippen LogP contribution in [0.1, 0.15) is 29.2 Å². The van der Waals surface area contributed by atoms with E-state index in [-0.39, 0.29) is 18.5 Å². The van der Waals surface area contributed by atoms with Gasteiger partial charge in [0.15, 0.2) is 17.3 Å². The topological polar surface area (TPSA) is 44.8 Å². The molecule has 4 heteroatoms. The zero-order valence-electron chi connectivity index (χ0n) is 16.3. The van der Waals surface area contributed by atoms with Crippen LogP contribution in [0.2, 0.25) is 0 Å². The second-order valence-electron chi connectivity index (χ2n) is 6.65. The summed E-state index contributed by atoms with van der Waals surface area (Å²) in [5.41, 5.74) is 4.56. The molecular weight excluding hydrogens is 328 g/mol. The predicted octanol–water partition coefficient (Wildman–Crippen LogP) is 4.08. The number of rotatable bonds is 9. The highest BCUT2D eigenvalue weighted by Crippen LogP contribution is 2.28. The zero-order chi connectivity index (χ0) is 19.1. The molecule has 0 spiro atoms. The normalized spacial score (nSPS) is 11.9. The number of aryl methyl sites for hydroxylation is 2. The average Bonchev–Trinajstić information content (AvgIpc) is 2.63. The van der Waals surface area contributed by atoms with Gasteiger partial charge >= 0.3 is 0 Å². The van der Waals surface area contributed by atoms with Crippen molar-refractivity contribution < 1.29 is 19.0 Å². The molecule has 4 nitrogen and oxygen atoms in total. The van der Waals surface area contributed by atoms with Gasteiger partial charge in [0.25, 0.3) is 0 Å². The van der Waals surface area contributed by atoms with Crippen molar-refractivity contribution >= 4 is 5.78 Å². The van der Waals surface area contributed by atoms with Crippen molar-refractivity contribution in [2.24, 2.45) is 0 Å². The Morgan fingerprint density at radius 1 is 0.923 bits per heavy atom. The Bertz CT molecular complexity index is 752. The van der Waals surface area contributed by atoms with E-state index in [9.17, 15) is 4.79 Å².